The molecular formula is C21H21N4O3P. The molecular weight excluding hydrogens is 387 g/mol. The molecule has 0 spiro atoms. The summed E-state index contributed by atoms with van der Waals surface area (Å²) < 4.78 is 1.72. The summed E-state index contributed by atoms with van der Waals surface area (Å²) >= 11 is 0. The second-order valence-corrected chi connectivity index (χ2v) is 7.55. The van der Waals surface area contributed by atoms with Crippen molar-refractivity contribution in [1.29, 1.82) is 0 Å². The number of nitrogens with one attached hydrogen (secondary N) is 1. The Balaban J connectivity index is 1.46. The lowest BCUT2D eigenvalue weighted by molar-refractivity contribution is -0.112. The van der Waals surface area contributed by atoms with E-state index < -0.39 is 11.7 Å². The number of pyridine rings is 1. The number of fused-ring (bicyclic) bond motifs is 1. The first-order valence-corrected chi connectivity index (χ1v) is 9.90. The molecule has 1 aliphatic rings. The van der Waals surface area contributed by atoms with Gasteiger partial charge in [0.15, 0.2) is 0 Å². The number of Topliss-reactive ketones (excluding diaryl/α,β-unsaturated/α-hetero) is 1. The van der Waals surface area contributed by atoms with Crippen LogP contribution in [0, 0.1) is 0 Å². The third-order valence-electron chi connectivity index (χ3n) is 5.10. The lowest BCUT2D eigenvalue weighted by atomic mass is 10.1. The maximum atomic E-state index is 12.7. The van der Waals surface area contributed by atoms with Gasteiger partial charge < -0.3 is 19.8 Å². The van der Waals surface area contributed by atoms with Gasteiger partial charge in [-0.1, -0.05) is 11.2 Å². The lowest BCUT2D eigenvalue weighted by Crippen LogP contribution is -2.33. The fourth-order valence-electron chi connectivity index (χ4n) is 3.56. The van der Waals surface area contributed by atoms with Crippen molar-refractivity contribution < 1.29 is 14.8 Å². The normalized spacial score (nSPS) is 14.1. The number of carbonyl (C=O) groups is 2. The largest absolute Gasteiger partial charge is 0.411 e. The first kappa shape index (κ1) is 19.2. The molecule has 0 bridgehead atoms. The summed E-state index contributed by atoms with van der Waals surface area (Å²) in [5.74, 6) is -1.26. The van der Waals surface area contributed by atoms with Gasteiger partial charge in [0.05, 0.1) is 5.71 Å². The highest BCUT2D eigenvalue weighted by molar-refractivity contribution is 7.27. The van der Waals surface area contributed by atoms with Crippen LogP contribution in [0.5, 0.6) is 0 Å². The van der Waals surface area contributed by atoms with Gasteiger partial charge in [-0.15, -0.1) is 9.24 Å². The molecule has 7 nitrogen and oxygen atoms in total. The van der Waals surface area contributed by atoms with E-state index in [4.69, 9.17) is 5.21 Å². The zero-order chi connectivity index (χ0) is 20.4. The molecule has 0 aliphatic carbocycles. The van der Waals surface area contributed by atoms with Crippen LogP contribution in [-0.2, 0) is 4.79 Å². The minimum absolute atomic E-state index is 0.342. The van der Waals surface area contributed by atoms with Gasteiger partial charge in [-0.05, 0) is 42.5 Å². The highest BCUT2D eigenvalue weighted by Gasteiger charge is 2.22. The van der Waals surface area contributed by atoms with E-state index in [1.807, 2.05) is 36.4 Å². The smallest absolute Gasteiger partial charge is 0.298 e. The Morgan fingerprint density at radius 1 is 1.07 bits per heavy atom. The molecule has 1 fully saturated rings. The monoisotopic (exact) mass is 408 g/mol. The number of ketones is 1. The summed E-state index contributed by atoms with van der Waals surface area (Å²) in [6.45, 7) is 1.56. The molecule has 1 aromatic carbocycles. The van der Waals surface area contributed by atoms with Crippen LogP contribution in [0.2, 0.25) is 0 Å². The number of hydrogen-bond acceptors (Lipinski definition) is 5. The Kier molecular flexibility index (Phi) is 5.32. The second-order valence-electron chi connectivity index (χ2n) is 6.93. The fraction of sp³-hybridized carbons (Fsp3) is 0.190. The first-order valence-electron chi connectivity index (χ1n) is 9.33. The average molecular weight is 408 g/mol. The fourth-order valence-corrected chi connectivity index (χ4v) is 4.00. The molecule has 1 aliphatic heterocycles. The van der Waals surface area contributed by atoms with Crippen LogP contribution in [0.25, 0.3) is 5.52 Å². The Bertz CT molecular complexity index is 1090. The van der Waals surface area contributed by atoms with E-state index in [9.17, 15) is 9.59 Å². The standard InChI is InChI=1S/C21H21N4O3P/c26-20(19-18(29)13-17-3-1-2-10-25(17)19)21(27)22-14-4-6-16(7-5-14)24-11-8-15(23-28)9-12-24/h1-7,10,13,28H,8-9,11-12,29H2,(H,22,27). The van der Waals surface area contributed by atoms with Gasteiger partial charge in [-0.2, -0.15) is 0 Å². The van der Waals surface area contributed by atoms with Crippen LogP contribution >= 0.6 is 9.24 Å². The van der Waals surface area contributed by atoms with E-state index in [0.29, 0.717) is 16.7 Å². The summed E-state index contributed by atoms with van der Waals surface area (Å²) in [6, 6.07) is 14.8. The maximum Gasteiger partial charge on any atom is 0.298 e. The Labute approximate surface area is 170 Å². The van der Waals surface area contributed by atoms with Gasteiger partial charge in [-0.3, -0.25) is 9.59 Å². The molecule has 1 saturated heterocycles. The minimum atomic E-state index is -0.674. The summed E-state index contributed by atoms with van der Waals surface area (Å²) in [4.78, 5) is 27.5. The minimum Gasteiger partial charge on any atom is -0.411 e. The molecule has 8 heteroatoms. The van der Waals surface area contributed by atoms with E-state index in [-0.39, 0.29) is 0 Å². The van der Waals surface area contributed by atoms with Gasteiger partial charge in [0.2, 0.25) is 0 Å². The predicted molar refractivity (Wildman–Crippen MR) is 117 cm³/mol. The molecule has 1 amide bonds. The lowest BCUT2D eigenvalue weighted by Gasteiger charge is -2.29. The predicted octanol–water partition coefficient (Wildman–Crippen LogP) is 2.69. The Hall–Kier alpha value is -3.18. The van der Waals surface area contributed by atoms with Crippen LogP contribution in [0.15, 0.2) is 59.9 Å². The van der Waals surface area contributed by atoms with Crippen molar-refractivity contribution >= 4 is 48.8 Å². The number of amides is 1. The number of nitrogens with zero attached hydrogens (tertiary/aromatic N) is 3. The van der Waals surface area contributed by atoms with Crippen molar-refractivity contribution in [2.75, 3.05) is 23.3 Å². The highest BCUT2D eigenvalue weighted by atomic mass is 31.0. The van der Waals surface area contributed by atoms with Gasteiger partial charge in [0.1, 0.15) is 5.69 Å². The molecule has 1 unspecified atom stereocenters. The molecule has 1 atom stereocenters. The van der Waals surface area contributed by atoms with E-state index in [1.165, 1.54) is 0 Å². The zero-order valence-corrected chi connectivity index (χ0v) is 16.9. The number of oxime groups is 1. The molecule has 29 heavy (non-hydrogen) atoms. The number of carbonyl (C=O) groups excluding carboxylic acids is 2. The van der Waals surface area contributed by atoms with Crippen molar-refractivity contribution in [2.45, 2.75) is 12.8 Å². The third-order valence-corrected chi connectivity index (χ3v) is 5.54. The topological polar surface area (TPSA) is 86.4 Å². The maximum absolute atomic E-state index is 12.7. The van der Waals surface area contributed by atoms with Gasteiger partial charge in [-0.25, -0.2) is 0 Å². The van der Waals surface area contributed by atoms with Gasteiger partial charge >= 0.3 is 0 Å². The van der Waals surface area contributed by atoms with Gasteiger partial charge in [0, 0.05) is 54.3 Å². The van der Waals surface area contributed by atoms with Crippen molar-refractivity contribution in [3.05, 3.63) is 60.4 Å². The molecule has 0 saturated carbocycles. The number of aromatic nitrogens is 1. The number of rotatable bonds is 4. The second kappa shape index (κ2) is 8.05. The Morgan fingerprint density at radius 2 is 1.79 bits per heavy atom. The third kappa shape index (κ3) is 3.87. The molecule has 3 heterocycles. The highest BCUT2D eigenvalue weighted by Crippen LogP contribution is 2.21. The zero-order valence-electron chi connectivity index (χ0n) is 15.7. The number of anilines is 2. The quantitative estimate of drug-likeness (QED) is 0.229. The van der Waals surface area contributed by atoms with Crippen molar-refractivity contribution in [2.24, 2.45) is 5.16 Å². The summed E-state index contributed by atoms with van der Waals surface area (Å²) in [7, 11) is 2.52. The van der Waals surface area contributed by atoms with Crippen LogP contribution in [0.3, 0.4) is 0 Å². The van der Waals surface area contributed by atoms with Crippen LogP contribution in [-0.4, -0.2) is 40.1 Å². The Morgan fingerprint density at radius 3 is 2.48 bits per heavy atom. The number of piperidine rings is 1. The first-order chi connectivity index (χ1) is 14.1. The summed E-state index contributed by atoms with van der Waals surface area (Å²) in [5, 5.41) is 15.5. The number of benzene rings is 1. The van der Waals surface area contributed by atoms with E-state index in [0.717, 1.165) is 42.8 Å². The molecule has 148 valence electrons. The van der Waals surface area contributed by atoms with Crippen LogP contribution in [0.4, 0.5) is 11.4 Å². The van der Waals surface area contributed by atoms with E-state index >= 15 is 0 Å². The number of hydrogen-bond donors (Lipinski definition) is 2. The van der Waals surface area contributed by atoms with Gasteiger partial charge in [0.25, 0.3) is 11.7 Å². The van der Waals surface area contributed by atoms with Crippen molar-refractivity contribution in [1.82, 2.24) is 4.40 Å². The molecule has 2 aromatic heterocycles. The summed E-state index contributed by atoms with van der Waals surface area (Å²) in [6.07, 6.45) is 3.22. The summed E-state index contributed by atoms with van der Waals surface area (Å²) in [5.41, 5.74) is 3.60. The average Bonchev–Trinajstić information content (AvgIpc) is 3.09. The molecule has 0 radical (unpaired) electrons. The van der Waals surface area contributed by atoms with Crippen LogP contribution < -0.4 is 15.5 Å². The van der Waals surface area contributed by atoms with E-state index in [2.05, 4.69) is 24.6 Å². The molecule has 4 rings (SSSR count). The van der Waals surface area contributed by atoms with Crippen molar-refractivity contribution in [3.63, 3.8) is 0 Å². The van der Waals surface area contributed by atoms with Crippen molar-refractivity contribution in [3.8, 4) is 0 Å². The van der Waals surface area contributed by atoms with E-state index in [1.54, 1.807) is 22.7 Å². The van der Waals surface area contributed by atoms with Crippen LogP contribution in [0.1, 0.15) is 23.3 Å². The molecule has 3 aromatic rings. The SMILES string of the molecule is O=C(Nc1ccc(N2CCC(=NO)CC2)cc1)C(=O)c1c(P)cc2ccccn12. The molecule has 2 N–H and O–H groups in total.